The molecule has 8 heteroatoms. The van der Waals surface area contributed by atoms with Crippen LogP contribution in [-0.2, 0) is 6.42 Å². The third kappa shape index (κ3) is 4.17. The van der Waals surface area contributed by atoms with Gasteiger partial charge in [0.1, 0.15) is 11.4 Å². The first-order valence-electron chi connectivity index (χ1n) is 9.07. The van der Waals surface area contributed by atoms with Crippen LogP contribution in [0.2, 0.25) is 0 Å². The number of aromatic nitrogens is 4. The monoisotopic (exact) mass is 405 g/mol. The van der Waals surface area contributed by atoms with Crippen molar-refractivity contribution < 1.29 is 9.53 Å². The predicted molar refractivity (Wildman–Crippen MR) is 111 cm³/mol. The molecule has 4 rings (SSSR count). The summed E-state index contributed by atoms with van der Waals surface area (Å²) in [6.45, 7) is 0.526. The Morgan fingerprint density at radius 2 is 2.14 bits per heavy atom. The van der Waals surface area contributed by atoms with Gasteiger partial charge in [-0.2, -0.15) is 0 Å². The van der Waals surface area contributed by atoms with E-state index in [1.807, 2.05) is 47.8 Å². The van der Waals surface area contributed by atoms with Gasteiger partial charge < -0.3 is 10.1 Å². The second kappa shape index (κ2) is 8.66. The van der Waals surface area contributed by atoms with Crippen molar-refractivity contribution in [2.24, 2.45) is 0 Å². The number of nitrogens with one attached hydrogen (secondary N) is 1. The zero-order chi connectivity index (χ0) is 20.1. The zero-order valence-corrected chi connectivity index (χ0v) is 16.6. The average molecular weight is 405 g/mol. The number of carbonyl (C=O) groups is 1. The molecule has 0 aliphatic rings. The zero-order valence-electron chi connectivity index (χ0n) is 15.8. The number of nitrogens with zero attached hydrogens (tertiary/aromatic N) is 4. The highest BCUT2D eigenvalue weighted by molar-refractivity contribution is 7.09. The largest absolute Gasteiger partial charge is 0.497 e. The second-order valence-electron chi connectivity index (χ2n) is 6.23. The van der Waals surface area contributed by atoms with Crippen LogP contribution >= 0.6 is 11.3 Å². The van der Waals surface area contributed by atoms with Crippen LogP contribution in [0.1, 0.15) is 15.4 Å². The smallest absolute Gasteiger partial charge is 0.274 e. The molecule has 0 saturated heterocycles. The minimum Gasteiger partial charge on any atom is -0.497 e. The van der Waals surface area contributed by atoms with Crippen LogP contribution in [0.15, 0.2) is 66.3 Å². The fraction of sp³-hybridized carbons (Fsp3) is 0.143. The van der Waals surface area contributed by atoms with E-state index >= 15 is 0 Å². The Labute approximate surface area is 172 Å². The van der Waals surface area contributed by atoms with Crippen LogP contribution in [0.25, 0.3) is 16.9 Å². The van der Waals surface area contributed by atoms with Gasteiger partial charge in [-0.15, -0.1) is 16.4 Å². The Kier molecular flexibility index (Phi) is 5.62. The van der Waals surface area contributed by atoms with Crippen LogP contribution in [0.3, 0.4) is 0 Å². The maximum atomic E-state index is 12.9. The first-order valence-corrected chi connectivity index (χ1v) is 9.95. The summed E-state index contributed by atoms with van der Waals surface area (Å²) in [5.41, 5.74) is 2.34. The quantitative estimate of drug-likeness (QED) is 0.510. The summed E-state index contributed by atoms with van der Waals surface area (Å²) in [5.74, 6) is 0.423. The van der Waals surface area contributed by atoms with Crippen molar-refractivity contribution in [1.29, 1.82) is 0 Å². The Balaban J connectivity index is 1.66. The van der Waals surface area contributed by atoms with Crippen LogP contribution in [-0.4, -0.2) is 39.5 Å². The van der Waals surface area contributed by atoms with E-state index in [1.54, 1.807) is 35.5 Å². The molecule has 0 aliphatic carbocycles. The second-order valence-corrected chi connectivity index (χ2v) is 7.26. The highest BCUT2D eigenvalue weighted by Gasteiger charge is 2.22. The van der Waals surface area contributed by atoms with Gasteiger partial charge in [0.15, 0.2) is 5.69 Å². The van der Waals surface area contributed by atoms with Crippen molar-refractivity contribution >= 4 is 17.2 Å². The topological polar surface area (TPSA) is 81.9 Å². The minimum atomic E-state index is -0.269. The van der Waals surface area contributed by atoms with Crippen molar-refractivity contribution in [3.05, 3.63) is 76.9 Å². The van der Waals surface area contributed by atoms with Gasteiger partial charge in [-0.25, -0.2) is 4.68 Å². The molecule has 1 aromatic carbocycles. The van der Waals surface area contributed by atoms with Crippen LogP contribution < -0.4 is 10.1 Å². The van der Waals surface area contributed by atoms with Gasteiger partial charge >= 0.3 is 0 Å². The molecule has 0 bridgehead atoms. The van der Waals surface area contributed by atoms with E-state index in [0.717, 1.165) is 17.7 Å². The van der Waals surface area contributed by atoms with Gasteiger partial charge in [0.25, 0.3) is 5.91 Å². The lowest BCUT2D eigenvalue weighted by Crippen LogP contribution is -2.26. The van der Waals surface area contributed by atoms with Crippen molar-refractivity contribution in [2.45, 2.75) is 6.42 Å². The molecule has 1 N–H and O–H groups in total. The fourth-order valence-electron chi connectivity index (χ4n) is 2.96. The average Bonchev–Trinajstić information content (AvgIpc) is 3.44. The summed E-state index contributed by atoms with van der Waals surface area (Å²) in [7, 11) is 1.61. The maximum absolute atomic E-state index is 12.9. The van der Waals surface area contributed by atoms with Crippen molar-refractivity contribution in [2.75, 3.05) is 13.7 Å². The van der Waals surface area contributed by atoms with Gasteiger partial charge in [0.2, 0.25) is 0 Å². The Bertz CT molecular complexity index is 1090. The summed E-state index contributed by atoms with van der Waals surface area (Å²) < 4.78 is 6.95. The molecule has 0 radical (unpaired) electrons. The van der Waals surface area contributed by atoms with Crippen molar-refractivity contribution in [3.8, 4) is 22.7 Å². The number of methoxy groups -OCH3 is 1. The Hall–Kier alpha value is -3.52. The highest BCUT2D eigenvalue weighted by atomic mass is 32.1. The summed E-state index contributed by atoms with van der Waals surface area (Å²) in [6, 6.07) is 15.2. The normalized spacial score (nSPS) is 10.7. The molecule has 4 aromatic rings. The third-order valence-corrected chi connectivity index (χ3v) is 5.29. The van der Waals surface area contributed by atoms with Crippen molar-refractivity contribution in [1.82, 2.24) is 25.3 Å². The molecule has 0 saturated carbocycles. The van der Waals surface area contributed by atoms with Gasteiger partial charge in [0, 0.05) is 35.4 Å². The Morgan fingerprint density at radius 1 is 1.21 bits per heavy atom. The summed E-state index contributed by atoms with van der Waals surface area (Å²) >= 11 is 1.67. The molecule has 0 aliphatic heterocycles. The van der Waals surface area contributed by atoms with Crippen LogP contribution in [0.4, 0.5) is 0 Å². The van der Waals surface area contributed by atoms with Gasteiger partial charge in [-0.05, 0) is 42.1 Å². The molecule has 3 heterocycles. The first-order chi connectivity index (χ1) is 14.3. The molecule has 146 valence electrons. The minimum absolute atomic E-state index is 0.256. The number of amides is 1. The third-order valence-electron chi connectivity index (χ3n) is 4.36. The summed E-state index contributed by atoms with van der Waals surface area (Å²) in [5, 5.41) is 13.4. The van der Waals surface area contributed by atoms with Gasteiger partial charge in [0.05, 0.1) is 12.8 Å². The molecule has 0 unspecified atom stereocenters. The number of pyridine rings is 1. The number of carbonyl (C=O) groups excluding carboxylic acids is 1. The number of hydrogen-bond donors (Lipinski definition) is 1. The maximum Gasteiger partial charge on any atom is 0.274 e. The molecule has 0 atom stereocenters. The van der Waals surface area contributed by atoms with Gasteiger partial charge in [-0.3, -0.25) is 9.78 Å². The van der Waals surface area contributed by atoms with E-state index in [1.165, 1.54) is 4.88 Å². The highest BCUT2D eigenvalue weighted by Crippen LogP contribution is 2.26. The number of thiophene rings is 1. The molecular weight excluding hydrogens is 386 g/mol. The van der Waals surface area contributed by atoms with Crippen LogP contribution in [0, 0.1) is 0 Å². The molecule has 1 amide bonds. The molecule has 0 fully saturated rings. The molecule has 0 spiro atoms. The van der Waals surface area contributed by atoms with Crippen molar-refractivity contribution in [3.63, 3.8) is 0 Å². The van der Waals surface area contributed by atoms with Crippen LogP contribution in [0.5, 0.6) is 5.75 Å². The van der Waals surface area contributed by atoms with E-state index < -0.39 is 0 Å². The van der Waals surface area contributed by atoms with E-state index in [2.05, 4.69) is 26.7 Å². The van der Waals surface area contributed by atoms with Gasteiger partial charge in [-0.1, -0.05) is 17.3 Å². The molecule has 7 nitrogen and oxygen atoms in total. The van der Waals surface area contributed by atoms with E-state index in [0.29, 0.717) is 18.0 Å². The van der Waals surface area contributed by atoms with E-state index in [4.69, 9.17) is 4.74 Å². The molecular formula is C21H19N5O2S. The SMILES string of the molecule is COc1cccc(-n2nnc(C(=O)NCCc3cccs3)c2-c2cccnc2)c1. The van der Waals surface area contributed by atoms with E-state index in [9.17, 15) is 4.79 Å². The molecule has 3 aromatic heterocycles. The number of hydrogen-bond acceptors (Lipinski definition) is 6. The lowest BCUT2D eigenvalue weighted by Gasteiger charge is -2.09. The number of ether oxygens (including phenoxy) is 1. The number of rotatable bonds is 7. The first kappa shape index (κ1) is 18.8. The fourth-order valence-corrected chi connectivity index (χ4v) is 3.67. The summed E-state index contributed by atoms with van der Waals surface area (Å²) in [4.78, 5) is 18.3. The standard InChI is InChI=1S/C21H19N5O2S/c1-28-17-7-2-6-16(13-17)26-20(15-5-3-10-22-14-15)19(24-25-26)21(27)23-11-9-18-8-4-12-29-18/h2-8,10,12-14H,9,11H2,1H3,(H,23,27). The lowest BCUT2D eigenvalue weighted by atomic mass is 10.1. The summed E-state index contributed by atoms with van der Waals surface area (Å²) in [6.07, 6.45) is 4.15. The number of benzene rings is 1. The predicted octanol–water partition coefficient (Wildman–Crippen LogP) is 3.37. The van der Waals surface area contributed by atoms with E-state index in [-0.39, 0.29) is 11.6 Å². The lowest BCUT2D eigenvalue weighted by molar-refractivity contribution is 0.0950. The molecule has 29 heavy (non-hydrogen) atoms. The Morgan fingerprint density at radius 3 is 2.90 bits per heavy atom.